The normalized spacial score (nSPS) is 35.8. The second-order valence-electron chi connectivity index (χ2n) is 4.48. The van der Waals surface area contributed by atoms with Crippen molar-refractivity contribution in [3.8, 4) is 0 Å². The van der Waals surface area contributed by atoms with Gasteiger partial charge in [0.25, 0.3) is 0 Å². The van der Waals surface area contributed by atoms with Crippen LogP contribution in [0.4, 0.5) is 0 Å². The SMILES string of the molecule is C=C1CCC2CC(CC=C2C)C1. The van der Waals surface area contributed by atoms with Gasteiger partial charge in [-0.3, -0.25) is 0 Å². The van der Waals surface area contributed by atoms with Crippen molar-refractivity contribution in [3.63, 3.8) is 0 Å². The molecule has 2 aliphatic carbocycles. The van der Waals surface area contributed by atoms with Crippen molar-refractivity contribution in [2.24, 2.45) is 11.8 Å². The third-order valence-electron chi connectivity index (χ3n) is 3.46. The fourth-order valence-electron chi connectivity index (χ4n) is 2.60. The summed E-state index contributed by atoms with van der Waals surface area (Å²) in [7, 11) is 0. The standard InChI is InChI=1S/C12H18/c1-9-3-6-12-8-11(7-9)5-4-10(12)2/h4,11-12H,1,3,5-8H2,2H3. The van der Waals surface area contributed by atoms with E-state index in [1.165, 1.54) is 37.7 Å². The van der Waals surface area contributed by atoms with Crippen molar-refractivity contribution < 1.29 is 0 Å². The summed E-state index contributed by atoms with van der Waals surface area (Å²) in [5.74, 6) is 1.82. The molecule has 66 valence electrons. The predicted octanol–water partition coefficient (Wildman–Crippen LogP) is 3.70. The average molecular weight is 162 g/mol. The Labute approximate surface area is 75.4 Å². The van der Waals surface area contributed by atoms with Crippen LogP contribution in [0.2, 0.25) is 0 Å². The Balaban J connectivity index is 2.16. The van der Waals surface area contributed by atoms with E-state index in [0.717, 1.165) is 11.8 Å². The fraction of sp³-hybridized carbons (Fsp3) is 0.667. The van der Waals surface area contributed by atoms with E-state index in [2.05, 4.69) is 19.6 Å². The molecule has 0 heteroatoms. The monoisotopic (exact) mass is 162 g/mol. The molecule has 0 N–H and O–H groups in total. The van der Waals surface area contributed by atoms with Crippen LogP contribution in [0.15, 0.2) is 23.8 Å². The number of hydrogen-bond donors (Lipinski definition) is 0. The van der Waals surface area contributed by atoms with Crippen LogP contribution in [-0.2, 0) is 0 Å². The Kier molecular flexibility index (Phi) is 2.08. The van der Waals surface area contributed by atoms with E-state index in [-0.39, 0.29) is 0 Å². The third-order valence-corrected chi connectivity index (χ3v) is 3.46. The molecule has 0 radical (unpaired) electrons. The van der Waals surface area contributed by atoms with E-state index >= 15 is 0 Å². The molecule has 2 bridgehead atoms. The van der Waals surface area contributed by atoms with Crippen molar-refractivity contribution >= 4 is 0 Å². The fourth-order valence-corrected chi connectivity index (χ4v) is 2.60. The first-order valence-corrected chi connectivity index (χ1v) is 5.09. The molecule has 2 atom stereocenters. The number of hydrogen-bond acceptors (Lipinski definition) is 0. The topological polar surface area (TPSA) is 0 Å². The number of rotatable bonds is 0. The van der Waals surface area contributed by atoms with Crippen molar-refractivity contribution in [2.45, 2.75) is 39.0 Å². The Morgan fingerprint density at radius 3 is 3.17 bits per heavy atom. The highest BCUT2D eigenvalue weighted by atomic mass is 14.3. The van der Waals surface area contributed by atoms with Gasteiger partial charge in [0.1, 0.15) is 0 Å². The molecule has 0 amide bonds. The highest BCUT2D eigenvalue weighted by molar-refractivity contribution is 5.13. The van der Waals surface area contributed by atoms with Gasteiger partial charge >= 0.3 is 0 Å². The summed E-state index contributed by atoms with van der Waals surface area (Å²) in [6.45, 7) is 6.44. The van der Waals surface area contributed by atoms with E-state index in [1.807, 2.05) is 0 Å². The lowest BCUT2D eigenvalue weighted by atomic mass is 9.81. The van der Waals surface area contributed by atoms with Crippen LogP contribution in [-0.4, -0.2) is 0 Å². The Morgan fingerprint density at radius 1 is 1.50 bits per heavy atom. The van der Waals surface area contributed by atoms with E-state index in [4.69, 9.17) is 0 Å². The molecular weight excluding hydrogens is 144 g/mol. The first-order chi connectivity index (χ1) is 5.75. The van der Waals surface area contributed by atoms with E-state index < -0.39 is 0 Å². The van der Waals surface area contributed by atoms with Crippen LogP contribution < -0.4 is 0 Å². The number of fused-ring (bicyclic) bond motifs is 2. The van der Waals surface area contributed by atoms with Crippen molar-refractivity contribution in [1.29, 1.82) is 0 Å². The predicted molar refractivity (Wildman–Crippen MR) is 53.0 cm³/mol. The smallest absolute Gasteiger partial charge is 0.0200 e. The number of allylic oxidation sites excluding steroid dienone is 3. The zero-order valence-electron chi connectivity index (χ0n) is 7.97. The summed E-state index contributed by atoms with van der Waals surface area (Å²) in [5.41, 5.74) is 3.13. The van der Waals surface area contributed by atoms with Crippen LogP contribution in [0.5, 0.6) is 0 Å². The first kappa shape index (κ1) is 8.10. The molecule has 1 saturated carbocycles. The zero-order valence-corrected chi connectivity index (χ0v) is 7.97. The summed E-state index contributed by atoms with van der Waals surface area (Å²) in [5, 5.41) is 0. The Bertz CT molecular complexity index is 222. The summed E-state index contributed by atoms with van der Waals surface area (Å²) in [6.07, 6.45) is 9.12. The molecule has 2 rings (SSSR count). The van der Waals surface area contributed by atoms with Crippen LogP contribution in [0.1, 0.15) is 39.0 Å². The lowest BCUT2D eigenvalue weighted by Gasteiger charge is -2.25. The minimum absolute atomic E-state index is 0.892. The second-order valence-corrected chi connectivity index (χ2v) is 4.48. The molecule has 1 fully saturated rings. The van der Waals surface area contributed by atoms with Gasteiger partial charge in [-0.05, 0) is 50.9 Å². The van der Waals surface area contributed by atoms with E-state index in [1.54, 1.807) is 5.57 Å². The lowest BCUT2D eigenvalue weighted by Crippen LogP contribution is -2.11. The van der Waals surface area contributed by atoms with Crippen LogP contribution in [0.3, 0.4) is 0 Å². The van der Waals surface area contributed by atoms with Gasteiger partial charge in [-0.1, -0.05) is 23.8 Å². The summed E-state index contributed by atoms with van der Waals surface area (Å²) in [4.78, 5) is 0. The largest absolute Gasteiger partial charge is 0.0999 e. The summed E-state index contributed by atoms with van der Waals surface area (Å²) >= 11 is 0. The molecule has 0 aromatic heterocycles. The van der Waals surface area contributed by atoms with Crippen molar-refractivity contribution in [2.75, 3.05) is 0 Å². The maximum atomic E-state index is 4.14. The van der Waals surface area contributed by atoms with Crippen LogP contribution >= 0.6 is 0 Å². The van der Waals surface area contributed by atoms with Crippen molar-refractivity contribution in [1.82, 2.24) is 0 Å². The minimum Gasteiger partial charge on any atom is -0.0999 e. The molecule has 0 aliphatic heterocycles. The molecule has 2 aliphatic rings. The van der Waals surface area contributed by atoms with Gasteiger partial charge in [0.05, 0.1) is 0 Å². The molecule has 0 saturated heterocycles. The highest BCUT2D eigenvalue weighted by Gasteiger charge is 2.25. The van der Waals surface area contributed by atoms with Gasteiger partial charge < -0.3 is 0 Å². The van der Waals surface area contributed by atoms with Gasteiger partial charge in [-0.2, -0.15) is 0 Å². The maximum absolute atomic E-state index is 4.14. The minimum atomic E-state index is 0.892. The van der Waals surface area contributed by atoms with Gasteiger partial charge in [0, 0.05) is 0 Å². The first-order valence-electron chi connectivity index (χ1n) is 5.09. The molecule has 2 unspecified atom stereocenters. The zero-order chi connectivity index (χ0) is 8.55. The van der Waals surface area contributed by atoms with Crippen LogP contribution in [0, 0.1) is 11.8 Å². The highest BCUT2D eigenvalue weighted by Crippen LogP contribution is 2.39. The quantitative estimate of drug-likeness (QED) is 0.476. The van der Waals surface area contributed by atoms with Crippen molar-refractivity contribution in [3.05, 3.63) is 23.8 Å². The van der Waals surface area contributed by atoms with E-state index in [9.17, 15) is 0 Å². The lowest BCUT2D eigenvalue weighted by molar-refractivity contribution is 0.394. The van der Waals surface area contributed by atoms with Crippen LogP contribution in [0.25, 0.3) is 0 Å². The molecule has 0 heterocycles. The molecule has 0 nitrogen and oxygen atoms in total. The molecule has 12 heavy (non-hydrogen) atoms. The Morgan fingerprint density at radius 2 is 2.33 bits per heavy atom. The summed E-state index contributed by atoms with van der Waals surface area (Å²) < 4.78 is 0. The second kappa shape index (κ2) is 3.08. The van der Waals surface area contributed by atoms with Gasteiger partial charge in [-0.25, -0.2) is 0 Å². The third kappa shape index (κ3) is 1.48. The molecule has 0 aromatic rings. The maximum Gasteiger partial charge on any atom is -0.0200 e. The average Bonchev–Trinajstić information content (AvgIpc) is 2.19. The van der Waals surface area contributed by atoms with E-state index in [0.29, 0.717) is 0 Å². The van der Waals surface area contributed by atoms with Gasteiger partial charge in [-0.15, -0.1) is 0 Å². The Hall–Kier alpha value is -0.520. The van der Waals surface area contributed by atoms with Gasteiger partial charge in [0.15, 0.2) is 0 Å². The molecular formula is C12H18. The molecule has 0 aromatic carbocycles. The molecule has 0 spiro atoms. The van der Waals surface area contributed by atoms with Gasteiger partial charge in [0.2, 0.25) is 0 Å². The summed E-state index contributed by atoms with van der Waals surface area (Å²) in [6, 6.07) is 0.